The van der Waals surface area contributed by atoms with Gasteiger partial charge in [-0.05, 0) is 49.1 Å². The van der Waals surface area contributed by atoms with Crippen molar-refractivity contribution in [1.82, 2.24) is 10.3 Å². The van der Waals surface area contributed by atoms with Crippen molar-refractivity contribution in [3.63, 3.8) is 0 Å². The fraction of sp³-hybridized carbons (Fsp3) is 0.174. The van der Waals surface area contributed by atoms with Gasteiger partial charge in [-0.1, -0.05) is 53.8 Å². The van der Waals surface area contributed by atoms with Gasteiger partial charge in [-0.3, -0.25) is 14.9 Å². The summed E-state index contributed by atoms with van der Waals surface area (Å²) in [7, 11) is 0. The van der Waals surface area contributed by atoms with Crippen molar-refractivity contribution in [2.75, 3.05) is 5.32 Å². The Morgan fingerprint density at radius 1 is 1.07 bits per heavy atom. The maximum absolute atomic E-state index is 12.3. The minimum absolute atomic E-state index is 0.0471. The van der Waals surface area contributed by atoms with E-state index >= 15 is 0 Å². The normalized spacial score (nSPS) is 13.4. The van der Waals surface area contributed by atoms with Gasteiger partial charge in [0, 0.05) is 17.7 Å². The Balaban J connectivity index is 1.37. The molecule has 1 saturated carbocycles. The number of rotatable bonds is 6. The quantitative estimate of drug-likeness (QED) is 0.588. The molecule has 29 heavy (non-hydrogen) atoms. The number of aryl methyl sites for hydroxylation is 1. The Morgan fingerprint density at radius 2 is 1.79 bits per heavy atom. The first-order valence-corrected chi connectivity index (χ1v) is 10.3. The summed E-state index contributed by atoms with van der Waals surface area (Å²) in [5, 5.41) is 6.35. The number of aromatic nitrogens is 1. The fourth-order valence-electron chi connectivity index (χ4n) is 2.87. The maximum Gasteiger partial charge on any atom is 0.251 e. The highest BCUT2D eigenvalue weighted by Gasteiger charge is 2.23. The fourth-order valence-corrected chi connectivity index (χ4v) is 3.84. The second kappa shape index (κ2) is 8.41. The monoisotopic (exact) mass is 403 g/mol. The van der Waals surface area contributed by atoms with Gasteiger partial charge in [-0.15, -0.1) is 0 Å². The summed E-state index contributed by atoms with van der Waals surface area (Å²) in [5.74, 6) is -0.289. The summed E-state index contributed by atoms with van der Waals surface area (Å²) in [6, 6.07) is 17.5. The SMILES string of the molecule is Cc1nc(NC(=O)/C=C/c2ccc(C(=O)NC3CC3)cc2)sc1-c1ccccc1. The Labute approximate surface area is 173 Å². The van der Waals surface area contributed by atoms with E-state index in [0.29, 0.717) is 16.7 Å². The zero-order valence-corrected chi connectivity index (χ0v) is 16.8. The highest BCUT2D eigenvalue weighted by Crippen LogP contribution is 2.32. The predicted molar refractivity (Wildman–Crippen MR) is 117 cm³/mol. The van der Waals surface area contributed by atoms with Crippen LogP contribution >= 0.6 is 11.3 Å². The summed E-state index contributed by atoms with van der Waals surface area (Å²) in [6.45, 7) is 1.94. The van der Waals surface area contributed by atoms with E-state index in [0.717, 1.165) is 34.5 Å². The molecule has 1 aromatic heterocycles. The lowest BCUT2D eigenvalue weighted by atomic mass is 10.1. The number of hydrogen-bond acceptors (Lipinski definition) is 4. The second-order valence-electron chi connectivity index (χ2n) is 6.99. The van der Waals surface area contributed by atoms with Gasteiger partial charge in [0.25, 0.3) is 5.91 Å². The van der Waals surface area contributed by atoms with E-state index in [1.54, 1.807) is 18.2 Å². The molecule has 0 spiro atoms. The Kier molecular flexibility index (Phi) is 5.53. The summed E-state index contributed by atoms with van der Waals surface area (Å²) in [4.78, 5) is 29.8. The Hall–Kier alpha value is -3.25. The zero-order valence-electron chi connectivity index (χ0n) is 16.0. The van der Waals surface area contributed by atoms with E-state index in [9.17, 15) is 9.59 Å². The van der Waals surface area contributed by atoms with Crippen molar-refractivity contribution in [2.45, 2.75) is 25.8 Å². The number of nitrogens with zero attached hydrogens (tertiary/aromatic N) is 1. The second-order valence-corrected chi connectivity index (χ2v) is 7.99. The topological polar surface area (TPSA) is 71.1 Å². The van der Waals surface area contributed by atoms with E-state index in [1.807, 2.05) is 49.4 Å². The molecule has 1 aliphatic carbocycles. The van der Waals surface area contributed by atoms with Crippen LogP contribution in [0.15, 0.2) is 60.7 Å². The van der Waals surface area contributed by atoms with E-state index in [4.69, 9.17) is 0 Å². The van der Waals surface area contributed by atoms with Crippen LogP contribution in [-0.4, -0.2) is 22.8 Å². The third kappa shape index (κ3) is 4.97. The molecule has 2 aromatic carbocycles. The molecule has 2 N–H and O–H groups in total. The molecular weight excluding hydrogens is 382 g/mol. The summed E-state index contributed by atoms with van der Waals surface area (Å²) < 4.78 is 0. The smallest absolute Gasteiger partial charge is 0.251 e. The van der Waals surface area contributed by atoms with Crippen molar-refractivity contribution in [1.29, 1.82) is 0 Å². The Bertz CT molecular complexity index is 1050. The largest absolute Gasteiger partial charge is 0.349 e. The van der Waals surface area contributed by atoms with Gasteiger partial charge < -0.3 is 5.32 Å². The molecule has 5 nitrogen and oxygen atoms in total. The number of benzene rings is 2. The van der Waals surface area contributed by atoms with Crippen LogP contribution in [0.5, 0.6) is 0 Å². The zero-order chi connectivity index (χ0) is 20.2. The first kappa shape index (κ1) is 19.1. The molecule has 6 heteroatoms. The number of nitrogens with one attached hydrogen (secondary N) is 2. The molecule has 0 bridgehead atoms. The van der Waals surface area contributed by atoms with Crippen LogP contribution in [0.1, 0.15) is 34.5 Å². The number of thiazole rings is 1. The molecule has 2 amide bonds. The van der Waals surface area contributed by atoms with Crippen LogP contribution < -0.4 is 10.6 Å². The van der Waals surface area contributed by atoms with E-state index in [2.05, 4.69) is 15.6 Å². The molecule has 0 atom stereocenters. The van der Waals surface area contributed by atoms with Gasteiger partial charge in [-0.25, -0.2) is 4.98 Å². The van der Waals surface area contributed by atoms with Crippen LogP contribution in [0, 0.1) is 6.92 Å². The molecule has 1 heterocycles. The van der Waals surface area contributed by atoms with Crippen molar-refractivity contribution in [3.8, 4) is 10.4 Å². The van der Waals surface area contributed by atoms with Gasteiger partial charge in [-0.2, -0.15) is 0 Å². The summed E-state index contributed by atoms with van der Waals surface area (Å²) >= 11 is 1.46. The van der Waals surface area contributed by atoms with Gasteiger partial charge in [0.15, 0.2) is 5.13 Å². The molecule has 0 saturated heterocycles. The minimum atomic E-state index is -0.242. The summed E-state index contributed by atoms with van der Waals surface area (Å²) in [5.41, 5.74) is 3.46. The van der Waals surface area contributed by atoms with Crippen molar-refractivity contribution in [2.24, 2.45) is 0 Å². The number of anilines is 1. The van der Waals surface area contributed by atoms with Gasteiger partial charge in [0.05, 0.1) is 10.6 Å². The molecule has 0 aliphatic heterocycles. The van der Waals surface area contributed by atoms with Crippen LogP contribution in [0.4, 0.5) is 5.13 Å². The lowest BCUT2D eigenvalue weighted by Crippen LogP contribution is -2.25. The maximum atomic E-state index is 12.3. The summed E-state index contributed by atoms with van der Waals surface area (Å²) in [6.07, 6.45) is 5.31. The predicted octanol–water partition coefficient (Wildman–Crippen LogP) is 4.66. The molecule has 0 radical (unpaired) electrons. The van der Waals surface area contributed by atoms with Crippen molar-refractivity contribution in [3.05, 3.63) is 77.5 Å². The average Bonchev–Trinajstić information content (AvgIpc) is 3.47. The van der Waals surface area contributed by atoms with E-state index in [-0.39, 0.29) is 11.8 Å². The highest BCUT2D eigenvalue weighted by atomic mass is 32.1. The van der Waals surface area contributed by atoms with Gasteiger partial charge >= 0.3 is 0 Å². The molecular formula is C23H21N3O2S. The number of amides is 2. The molecule has 3 aromatic rings. The molecule has 0 unspecified atom stereocenters. The Morgan fingerprint density at radius 3 is 2.48 bits per heavy atom. The highest BCUT2D eigenvalue weighted by molar-refractivity contribution is 7.19. The number of hydrogen-bond donors (Lipinski definition) is 2. The molecule has 4 rings (SSSR count). The first-order chi connectivity index (χ1) is 14.1. The van der Waals surface area contributed by atoms with Gasteiger partial charge in [0.1, 0.15) is 0 Å². The average molecular weight is 404 g/mol. The lowest BCUT2D eigenvalue weighted by Gasteiger charge is -2.03. The standard InChI is InChI=1S/C23H21N3O2S/c1-15-21(17-5-3-2-4-6-17)29-23(24-15)26-20(27)14-9-16-7-10-18(11-8-16)22(28)25-19-12-13-19/h2-11,14,19H,12-13H2,1H3,(H,25,28)(H,24,26,27)/b14-9+. The first-order valence-electron chi connectivity index (χ1n) is 9.51. The van der Waals surface area contributed by atoms with Crippen molar-refractivity contribution >= 4 is 34.4 Å². The lowest BCUT2D eigenvalue weighted by molar-refractivity contribution is -0.111. The van der Waals surface area contributed by atoms with E-state index in [1.165, 1.54) is 17.4 Å². The van der Waals surface area contributed by atoms with Crippen LogP contribution in [-0.2, 0) is 4.79 Å². The van der Waals surface area contributed by atoms with Crippen LogP contribution in [0.2, 0.25) is 0 Å². The van der Waals surface area contributed by atoms with Crippen LogP contribution in [0.3, 0.4) is 0 Å². The minimum Gasteiger partial charge on any atom is -0.349 e. The van der Waals surface area contributed by atoms with Gasteiger partial charge in [0.2, 0.25) is 5.91 Å². The number of carbonyl (C=O) groups excluding carboxylic acids is 2. The molecule has 1 aliphatic rings. The number of carbonyl (C=O) groups is 2. The molecule has 146 valence electrons. The third-order valence-corrected chi connectivity index (χ3v) is 5.70. The third-order valence-electron chi connectivity index (χ3n) is 4.58. The van der Waals surface area contributed by atoms with E-state index < -0.39 is 0 Å². The van der Waals surface area contributed by atoms with Crippen molar-refractivity contribution < 1.29 is 9.59 Å². The van der Waals surface area contributed by atoms with Crippen LogP contribution in [0.25, 0.3) is 16.5 Å². The molecule has 1 fully saturated rings.